The van der Waals surface area contributed by atoms with Gasteiger partial charge >= 0.3 is 0 Å². The van der Waals surface area contributed by atoms with E-state index in [-0.39, 0.29) is 30.7 Å². The topological polar surface area (TPSA) is 80.3 Å². The highest BCUT2D eigenvalue weighted by Crippen LogP contribution is 2.31. The minimum atomic E-state index is 0. The van der Waals surface area contributed by atoms with Crippen molar-refractivity contribution < 1.29 is 4.79 Å². The lowest BCUT2D eigenvalue weighted by atomic mass is 10.00. The van der Waals surface area contributed by atoms with Crippen LogP contribution in [0.1, 0.15) is 23.6 Å². The fourth-order valence-electron chi connectivity index (χ4n) is 3.11. The molecule has 2 heterocycles. The van der Waals surface area contributed by atoms with E-state index in [2.05, 4.69) is 10.2 Å². The van der Waals surface area contributed by atoms with Gasteiger partial charge in [0.05, 0.1) is 13.1 Å². The summed E-state index contributed by atoms with van der Waals surface area (Å²) >= 11 is 0. The molecule has 1 aromatic heterocycles. The van der Waals surface area contributed by atoms with Crippen LogP contribution in [0, 0.1) is 6.92 Å². The van der Waals surface area contributed by atoms with Crippen LogP contribution in [0.2, 0.25) is 0 Å². The monoisotopic (exact) mass is 400 g/mol. The van der Waals surface area contributed by atoms with Crippen LogP contribution in [0.4, 0.5) is 11.4 Å². The number of nitrogen functional groups attached to an aromatic ring is 1. The normalized spacial score (nSPS) is 13.0. The first-order chi connectivity index (χ1) is 11.5. The van der Waals surface area contributed by atoms with E-state index in [1.165, 1.54) is 0 Å². The molecule has 1 aliphatic rings. The molecule has 1 amide bonds. The molecule has 0 radical (unpaired) electrons. The average molecular weight is 401 g/mol. The van der Waals surface area contributed by atoms with Crippen molar-refractivity contribution in [2.24, 2.45) is 7.05 Å². The molecule has 1 aromatic carbocycles. The fraction of sp³-hybridized carbons (Fsp3) is 0.471. The lowest BCUT2D eigenvalue weighted by molar-refractivity contribution is -0.119. The number of nitrogens with two attached hydrogens (primary N) is 1. The summed E-state index contributed by atoms with van der Waals surface area (Å²) in [6, 6.07) is 5.79. The molecule has 26 heavy (non-hydrogen) atoms. The predicted molar refractivity (Wildman–Crippen MR) is 108 cm³/mol. The number of hydrogen-bond acceptors (Lipinski definition) is 5. The Kier molecular flexibility index (Phi) is 7.87. The molecule has 0 aliphatic carbocycles. The molecule has 0 spiro atoms. The number of aryl methyl sites for hydroxylation is 1. The Morgan fingerprint density at radius 2 is 2.04 bits per heavy atom. The number of hydrogen-bond donors (Lipinski definition) is 1. The van der Waals surface area contributed by atoms with Crippen molar-refractivity contribution in [1.29, 1.82) is 0 Å². The highest BCUT2D eigenvalue weighted by atomic mass is 35.5. The van der Waals surface area contributed by atoms with Gasteiger partial charge in [-0.05, 0) is 44.5 Å². The van der Waals surface area contributed by atoms with Crippen molar-refractivity contribution in [2.45, 2.75) is 26.3 Å². The van der Waals surface area contributed by atoms with Crippen LogP contribution in [-0.4, -0.2) is 45.7 Å². The van der Waals surface area contributed by atoms with Crippen molar-refractivity contribution in [3.63, 3.8) is 0 Å². The van der Waals surface area contributed by atoms with Crippen LogP contribution in [-0.2, 0) is 24.8 Å². The van der Waals surface area contributed by atoms with E-state index in [9.17, 15) is 4.79 Å². The van der Waals surface area contributed by atoms with Gasteiger partial charge in [0.15, 0.2) is 0 Å². The summed E-state index contributed by atoms with van der Waals surface area (Å²) < 4.78 is 1.94. The maximum atomic E-state index is 12.8. The molecule has 2 N–H and O–H groups in total. The second-order valence-corrected chi connectivity index (χ2v) is 6.39. The van der Waals surface area contributed by atoms with Crippen LogP contribution < -0.4 is 10.6 Å². The van der Waals surface area contributed by atoms with Gasteiger partial charge in [-0.15, -0.1) is 35.0 Å². The molecule has 2 aromatic rings. The number of fused-ring (bicyclic) bond motifs is 1. The van der Waals surface area contributed by atoms with Crippen LogP contribution in [0.5, 0.6) is 0 Å². The predicted octanol–water partition coefficient (Wildman–Crippen LogP) is 1.96. The number of anilines is 2. The number of rotatable bonds is 4. The number of amides is 1. The Labute approximate surface area is 166 Å². The van der Waals surface area contributed by atoms with Crippen LogP contribution in [0.25, 0.3) is 0 Å². The molecule has 0 saturated heterocycles. The molecular weight excluding hydrogens is 375 g/mol. The Balaban J connectivity index is 0.00000169. The van der Waals surface area contributed by atoms with Crippen molar-refractivity contribution in [3.8, 4) is 0 Å². The zero-order chi connectivity index (χ0) is 17.3. The second kappa shape index (κ2) is 9.21. The number of benzene rings is 1. The number of carbonyl (C=O) groups excluding carboxylic acids is 1. The summed E-state index contributed by atoms with van der Waals surface area (Å²) in [6.07, 6.45) is 1.87. The second-order valence-electron chi connectivity index (χ2n) is 6.39. The minimum absolute atomic E-state index is 0. The number of nitrogens with zero attached hydrogens (tertiary/aromatic N) is 5. The third-order valence-corrected chi connectivity index (χ3v) is 4.59. The molecule has 9 heteroatoms. The van der Waals surface area contributed by atoms with Gasteiger partial charge in [0.1, 0.15) is 11.6 Å². The Bertz CT molecular complexity index is 764. The Morgan fingerprint density at radius 3 is 2.69 bits per heavy atom. The molecule has 0 fully saturated rings. The lowest BCUT2D eigenvalue weighted by Crippen LogP contribution is -2.41. The lowest BCUT2D eigenvalue weighted by Gasteiger charge is -2.31. The standard InChI is InChI=1S/C17H24N6O.2ClH/c1-12-19-20-16(22(12)3)10-21(2)11-17(24)23-9-5-6-13-14(18)7-4-8-15(13)23;;/h4,7-8H,5-6,9-11,18H2,1-3H3;2*1H. The van der Waals surface area contributed by atoms with Gasteiger partial charge in [-0.25, -0.2) is 0 Å². The van der Waals surface area contributed by atoms with Gasteiger partial charge in [-0.1, -0.05) is 6.07 Å². The fourth-order valence-corrected chi connectivity index (χ4v) is 3.11. The third kappa shape index (κ3) is 4.47. The molecule has 3 rings (SSSR count). The van der Waals surface area contributed by atoms with Crippen molar-refractivity contribution in [3.05, 3.63) is 35.4 Å². The number of aromatic nitrogens is 3. The molecule has 7 nitrogen and oxygen atoms in total. The first-order valence-electron chi connectivity index (χ1n) is 8.18. The summed E-state index contributed by atoms with van der Waals surface area (Å²) in [4.78, 5) is 16.6. The number of halogens is 2. The number of carbonyl (C=O) groups is 1. The third-order valence-electron chi connectivity index (χ3n) is 4.59. The van der Waals surface area contributed by atoms with E-state index in [1.54, 1.807) is 0 Å². The summed E-state index contributed by atoms with van der Waals surface area (Å²) in [7, 11) is 3.86. The van der Waals surface area contributed by atoms with Gasteiger partial charge in [-0.2, -0.15) is 0 Å². The molecule has 0 unspecified atom stereocenters. The summed E-state index contributed by atoms with van der Waals surface area (Å²) in [5.74, 6) is 1.80. The van der Waals surface area contributed by atoms with Crippen LogP contribution >= 0.6 is 24.8 Å². The zero-order valence-corrected chi connectivity index (χ0v) is 16.9. The average Bonchev–Trinajstić information content (AvgIpc) is 2.86. The SMILES string of the molecule is Cc1nnc(CN(C)CC(=O)N2CCCc3c(N)cccc32)n1C.Cl.Cl. The molecule has 0 bridgehead atoms. The van der Waals surface area contributed by atoms with Gasteiger partial charge in [0, 0.05) is 25.0 Å². The van der Waals surface area contributed by atoms with E-state index in [1.807, 2.05) is 53.6 Å². The first-order valence-corrected chi connectivity index (χ1v) is 8.18. The Morgan fingerprint density at radius 1 is 1.31 bits per heavy atom. The van der Waals surface area contributed by atoms with E-state index in [0.717, 1.165) is 48.0 Å². The maximum Gasteiger partial charge on any atom is 0.241 e. The van der Waals surface area contributed by atoms with Gasteiger partial charge in [0.2, 0.25) is 5.91 Å². The van der Waals surface area contributed by atoms with Crippen molar-refractivity contribution >= 4 is 42.1 Å². The summed E-state index contributed by atoms with van der Waals surface area (Å²) in [5, 5.41) is 8.21. The smallest absolute Gasteiger partial charge is 0.241 e. The van der Waals surface area contributed by atoms with Gasteiger partial charge in [-0.3, -0.25) is 9.69 Å². The molecule has 0 atom stereocenters. The quantitative estimate of drug-likeness (QED) is 0.793. The highest BCUT2D eigenvalue weighted by molar-refractivity contribution is 5.96. The largest absolute Gasteiger partial charge is 0.398 e. The van der Waals surface area contributed by atoms with Crippen molar-refractivity contribution in [2.75, 3.05) is 30.8 Å². The summed E-state index contributed by atoms with van der Waals surface area (Å²) in [5.41, 5.74) is 8.87. The highest BCUT2D eigenvalue weighted by Gasteiger charge is 2.24. The van der Waals surface area contributed by atoms with Crippen molar-refractivity contribution in [1.82, 2.24) is 19.7 Å². The van der Waals surface area contributed by atoms with E-state index in [4.69, 9.17) is 5.73 Å². The summed E-state index contributed by atoms with van der Waals surface area (Å²) in [6.45, 7) is 3.57. The first kappa shape index (κ1) is 22.2. The minimum Gasteiger partial charge on any atom is -0.398 e. The van der Waals surface area contributed by atoms with Crippen LogP contribution in [0.15, 0.2) is 18.2 Å². The van der Waals surface area contributed by atoms with Gasteiger partial charge < -0.3 is 15.2 Å². The van der Waals surface area contributed by atoms with Gasteiger partial charge in [0.25, 0.3) is 0 Å². The van der Waals surface area contributed by atoms with E-state index >= 15 is 0 Å². The molecule has 144 valence electrons. The molecule has 1 aliphatic heterocycles. The number of likely N-dealkylation sites (N-methyl/N-ethyl adjacent to an activating group) is 1. The zero-order valence-electron chi connectivity index (χ0n) is 15.3. The van der Waals surface area contributed by atoms with E-state index < -0.39 is 0 Å². The Hall–Kier alpha value is -1.83. The molecule has 0 saturated carbocycles. The molecular formula is C17H26Cl2N6O. The maximum absolute atomic E-state index is 12.8. The van der Waals surface area contributed by atoms with E-state index in [0.29, 0.717) is 13.1 Å². The van der Waals surface area contributed by atoms with Crippen LogP contribution in [0.3, 0.4) is 0 Å².